The van der Waals surface area contributed by atoms with Crippen LogP contribution in [0.5, 0.6) is 0 Å². The summed E-state index contributed by atoms with van der Waals surface area (Å²) in [5.41, 5.74) is 3.95. The van der Waals surface area contributed by atoms with Gasteiger partial charge in [-0.05, 0) is 62.8 Å². The summed E-state index contributed by atoms with van der Waals surface area (Å²) in [7, 11) is 0. The predicted molar refractivity (Wildman–Crippen MR) is 105 cm³/mol. The van der Waals surface area contributed by atoms with E-state index in [1.54, 1.807) is 0 Å². The first kappa shape index (κ1) is 21.0. The molecule has 2 nitrogen and oxygen atoms in total. The second kappa shape index (κ2) is 10.8. The summed E-state index contributed by atoms with van der Waals surface area (Å²) in [6, 6.07) is 7.47. The molecule has 2 aromatic rings. The summed E-state index contributed by atoms with van der Waals surface area (Å²) >= 11 is 0. The quantitative estimate of drug-likeness (QED) is 0.713. The van der Waals surface area contributed by atoms with Crippen LogP contribution in [0.4, 0.5) is 0 Å². The molecule has 3 heteroatoms. The van der Waals surface area contributed by atoms with Crippen molar-refractivity contribution in [3.63, 3.8) is 0 Å². The molecule has 0 unspecified atom stereocenters. The van der Waals surface area contributed by atoms with Crippen LogP contribution in [0.3, 0.4) is 0 Å². The lowest BCUT2D eigenvalue weighted by molar-refractivity contribution is -0.595. The topological polar surface area (TPSA) is 8.81 Å². The molecule has 1 saturated carbocycles. The maximum absolute atomic E-state index is 2.48. The van der Waals surface area contributed by atoms with Crippen LogP contribution in [-0.4, -0.2) is 4.57 Å². The van der Waals surface area contributed by atoms with E-state index in [-0.39, 0.29) is 12.4 Å². The van der Waals surface area contributed by atoms with E-state index in [2.05, 4.69) is 59.9 Å². The molecule has 0 radical (unpaired) electrons. The normalized spacial score (nSPS) is 17.8. The van der Waals surface area contributed by atoms with Crippen molar-refractivity contribution >= 4 is 0 Å². The third-order valence-electron chi connectivity index (χ3n) is 5.66. The van der Waals surface area contributed by atoms with E-state index < -0.39 is 0 Å². The minimum absolute atomic E-state index is 0. The van der Waals surface area contributed by atoms with E-state index in [9.17, 15) is 0 Å². The van der Waals surface area contributed by atoms with Crippen LogP contribution in [0, 0.1) is 13.8 Å². The highest BCUT2D eigenvalue weighted by Crippen LogP contribution is 2.24. The standard InChI is InChI=1S/C23H35N2.ClH/c1-20-16-21(2)18-23(17-20)25-15-14-24(19-25)22-12-10-8-6-4-3-5-7-9-11-13-22;/h14-19,22H,3-13H2,1-2H3;1H/q+1;/p-1. The summed E-state index contributed by atoms with van der Waals surface area (Å²) in [5, 5.41) is 0. The number of halogens is 1. The molecule has 0 aliphatic heterocycles. The second-order valence-electron chi connectivity index (χ2n) is 8.03. The van der Waals surface area contributed by atoms with Crippen molar-refractivity contribution in [1.82, 2.24) is 4.57 Å². The molecule has 1 fully saturated rings. The van der Waals surface area contributed by atoms with Crippen LogP contribution in [0.1, 0.15) is 87.8 Å². The number of hydrogen-bond donors (Lipinski definition) is 0. The molecule has 1 aliphatic rings. The van der Waals surface area contributed by atoms with Crippen LogP contribution in [0.25, 0.3) is 5.69 Å². The minimum atomic E-state index is 0. The number of aromatic nitrogens is 2. The first-order valence-corrected chi connectivity index (χ1v) is 10.4. The Kier molecular flexibility index (Phi) is 8.71. The zero-order valence-electron chi connectivity index (χ0n) is 16.6. The van der Waals surface area contributed by atoms with Gasteiger partial charge in [-0.1, -0.05) is 51.0 Å². The van der Waals surface area contributed by atoms with Crippen LogP contribution >= 0.6 is 0 Å². The van der Waals surface area contributed by atoms with Crippen LogP contribution in [0.15, 0.2) is 36.9 Å². The summed E-state index contributed by atoms with van der Waals surface area (Å²) in [6.45, 7) is 4.36. The molecule has 0 N–H and O–H groups in total. The zero-order valence-corrected chi connectivity index (χ0v) is 17.3. The fourth-order valence-corrected chi connectivity index (χ4v) is 4.28. The Morgan fingerprint density at radius 1 is 0.769 bits per heavy atom. The lowest BCUT2D eigenvalue weighted by Gasteiger charge is -2.15. The number of aryl methyl sites for hydroxylation is 2. The van der Waals surface area contributed by atoms with Gasteiger partial charge in [-0.25, -0.2) is 9.13 Å². The molecule has 3 rings (SSSR count). The lowest BCUT2D eigenvalue weighted by Crippen LogP contribution is -3.00. The molecule has 0 saturated heterocycles. The molecule has 1 aliphatic carbocycles. The van der Waals surface area contributed by atoms with E-state index >= 15 is 0 Å². The SMILES string of the molecule is Cc1cc(C)cc(-[n+]2ccn(C3CCCCCCCCCCC3)c2)c1.[Cl-]. The van der Waals surface area contributed by atoms with E-state index in [0.29, 0.717) is 6.04 Å². The van der Waals surface area contributed by atoms with Gasteiger partial charge in [-0.2, -0.15) is 0 Å². The third-order valence-corrected chi connectivity index (χ3v) is 5.66. The van der Waals surface area contributed by atoms with Crippen molar-refractivity contribution in [3.8, 4) is 5.69 Å². The van der Waals surface area contributed by atoms with Crippen LogP contribution in [0.2, 0.25) is 0 Å². The van der Waals surface area contributed by atoms with Crippen LogP contribution < -0.4 is 17.0 Å². The van der Waals surface area contributed by atoms with Crippen molar-refractivity contribution in [1.29, 1.82) is 0 Å². The highest BCUT2D eigenvalue weighted by Gasteiger charge is 2.18. The highest BCUT2D eigenvalue weighted by atomic mass is 35.5. The first-order chi connectivity index (χ1) is 12.2. The molecule has 1 heterocycles. The monoisotopic (exact) mass is 374 g/mol. The molecular weight excluding hydrogens is 340 g/mol. The van der Waals surface area contributed by atoms with Gasteiger partial charge in [0.15, 0.2) is 0 Å². The number of hydrogen-bond acceptors (Lipinski definition) is 0. The molecule has 0 atom stereocenters. The maximum atomic E-state index is 2.48. The minimum Gasteiger partial charge on any atom is -1.00 e. The molecule has 0 bridgehead atoms. The average molecular weight is 375 g/mol. The van der Waals surface area contributed by atoms with Crippen molar-refractivity contribution in [3.05, 3.63) is 48.0 Å². The molecule has 26 heavy (non-hydrogen) atoms. The molecule has 1 aromatic heterocycles. The molecule has 144 valence electrons. The Bertz CT molecular complexity index is 630. The molecule has 1 aromatic carbocycles. The molecular formula is C23H35ClN2. The van der Waals surface area contributed by atoms with Gasteiger partial charge in [0.05, 0.1) is 0 Å². The van der Waals surface area contributed by atoms with Gasteiger partial charge in [-0.3, -0.25) is 0 Å². The lowest BCUT2D eigenvalue weighted by atomic mass is 9.98. The van der Waals surface area contributed by atoms with Crippen molar-refractivity contribution in [2.45, 2.75) is 90.5 Å². The second-order valence-corrected chi connectivity index (χ2v) is 8.03. The van der Waals surface area contributed by atoms with Crippen molar-refractivity contribution in [2.24, 2.45) is 0 Å². The summed E-state index contributed by atoms with van der Waals surface area (Å²) in [4.78, 5) is 0. The maximum Gasteiger partial charge on any atom is 0.249 e. The van der Waals surface area contributed by atoms with Gasteiger partial charge in [0, 0.05) is 0 Å². The fraction of sp³-hybridized carbons (Fsp3) is 0.609. The van der Waals surface area contributed by atoms with Gasteiger partial charge in [0.2, 0.25) is 6.33 Å². The summed E-state index contributed by atoms with van der Waals surface area (Å²) in [5.74, 6) is 0. The molecule has 0 amide bonds. The number of rotatable bonds is 2. The zero-order chi connectivity index (χ0) is 17.5. The molecule has 0 spiro atoms. The highest BCUT2D eigenvalue weighted by molar-refractivity contribution is 5.33. The van der Waals surface area contributed by atoms with Crippen LogP contribution in [-0.2, 0) is 0 Å². The number of nitrogens with zero attached hydrogens (tertiary/aromatic N) is 2. The van der Waals surface area contributed by atoms with Crippen molar-refractivity contribution in [2.75, 3.05) is 0 Å². The Morgan fingerprint density at radius 2 is 1.27 bits per heavy atom. The summed E-state index contributed by atoms with van der Waals surface area (Å²) in [6.07, 6.45) is 22.3. The first-order valence-electron chi connectivity index (χ1n) is 10.4. The summed E-state index contributed by atoms with van der Waals surface area (Å²) < 4.78 is 4.76. The smallest absolute Gasteiger partial charge is 0.249 e. The van der Waals surface area contributed by atoms with E-state index in [1.165, 1.54) is 87.4 Å². The largest absolute Gasteiger partial charge is 1.00 e. The van der Waals surface area contributed by atoms with E-state index in [1.807, 2.05) is 0 Å². The third kappa shape index (κ3) is 6.16. The number of imidazole rings is 1. The Labute approximate surface area is 166 Å². The van der Waals surface area contributed by atoms with E-state index in [0.717, 1.165) is 0 Å². The van der Waals surface area contributed by atoms with Gasteiger partial charge in [-0.15, -0.1) is 0 Å². The predicted octanol–water partition coefficient (Wildman–Crippen LogP) is 3.23. The average Bonchev–Trinajstić information content (AvgIpc) is 3.04. The Hall–Kier alpha value is -1.28. The number of benzene rings is 1. The fourth-order valence-electron chi connectivity index (χ4n) is 4.28. The Morgan fingerprint density at radius 3 is 1.81 bits per heavy atom. The van der Waals surface area contributed by atoms with Gasteiger partial charge >= 0.3 is 0 Å². The Balaban J connectivity index is 0.00000243. The van der Waals surface area contributed by atoms with Gasteiger partial charge in [0.1, 0.15) is 24.1 Å². The van der Waals surface area contributed by atoms with Crippen molar-refractivity contribution < 1.29 is 17.0 Å². The van der Waals surface area contributed by atoms with Gasteiger partial charge in [0.25, 0.3) is 0 Å². The van der Waals surface area contributed by atoms with E-state index in [4.69, 9.17) is 0 Å². The van der Waals surface area contributed by atoms with Gasteiger partial charge < -0.3 is 12.4 Å².